The minimum absolute atomic E-state index is 0.0131. The number of carbonyl (C=O) groups excluding carboxylic acids is 2. The van der Waals surface area contributed by atoms with Gasteiger partial charge in [0.2, 0.25) is 0 Å². The van der Waals surface area contributed by atoms with Crippen molar-refractivity contribution >= 4 is 11.9 Å². The van der Waals surface area contributed by atoms with E-state index in [0.717, 1.165) is 110 Å². The molecule has 0 spiro atoms. The molecule has 0 aromatic rings. The quantitative estimate of drug-likeness (QED) is 0.0267. The minimum Gasteiger partial charge on any atom is -0.466 e. The fraction of sp³-hybridized carbons (Fsp3) is 0.923. The summed E-state index contributed by atoms with van der Waals surface area (Å²) in [5.74, 6) is 6.27. The normalized spacial score (nSPS) is 12.2. The molecule has 362 valence electrons. The van der Waals surface area contributed by atoms with Gasteiger partial charge in [0.15, 0.2) is 0 Å². The van der Waals surface area contributed by atoms with E-state index in [-0.39, 0.29) is 23.6 Å². The van der Waals surface area contributed by atoms with Crippen LogP contribution in [-0.2, 0) is 23.8 Å². The molecule has 0 rings (SSSR count). The van der Waals surface area contributed by atoms with Crippen molar-refractivity contribution in [1.82, 2.24) is 9.91 Å². The van der Waals surface area contributed by atoms with E-state index in [1.807, 2.05) is 20.8 Å². The Balaban J connectivity index is 4.62. The number of rotatable bonds is 46. The lowest BCUT2D eigenvalue weighted by atomic mass is 10.0. The van der Waals surface area contributed by atoms with Gasteiger partial charge in [0.05, 0.1) is 24.5 Å². The molecule has 9 nitrogen and oxygen atoms in total. The summed E-state index contributed by atoms with van der Waals surface area (Å²) >= 11 is 0. The van der Waals surface area contributed by atoms with Crippen molar-refractivity contribution in [3.8, 4) is 0 Å². The fourth-order valence-corrected chi connectivity index (χ4v) is 7.83. The predicted octanol–water partition coefficient (Wildman–Crippen LogP) is 13.9. The van der Waals surface area contributed by atoms with Gasteiger partial charge in [-0.05, 0) is 105 Å². The molecule has 0 aliphatic rings. The van der Waals surface area contributed by atoms with Crippen molar-refractivity contribution < 1.29 is 23.8 Å². The summed E-state index contributed by atoms with van der Waals surface area (Å²) in [6, 6.07) is 0. The first kappa shape index (κ1) is 59.2. The zero-order chi connectivity index (χ0) is 45.1. The smallest absolute Gasteiger partial charge is 0.306 e. The highest BCUT2D eigenvalue weighted by Gasteiger charge is 2.15. The van der Waals surface area contributed by atoms with Crippen molar-refractivity contribution in [1.29, 1.82) is 0 Å². The van der Waals surface area contributed by atoms with Crippen molar-refractivity contribution in [3.05, 3.63) is 11.9 Å². The SMILES string of the molecule is CCCCCCCCCOC(=O)CCCCCCCN(CCCCCCCC(=O)OC(CCCCCCCC)CCCCCCCC)CCCN(N)/C=C(\N)COC(C)(C)C. The van der Waals surface area contributed by atoms with Crippen LogP contribution >= 0.6 is 0 Å². The van der Waals surface area contributed by atoms with Crippen LogP contribution in [0.3, 0.4) is 0 Å². The second-order valence-electron chi connectivity index (χ2n) is 19.1. The molecule has 0 amide bonds. The molecule has 0 radical (unpaired) electrons. The Morgan fingerprint density at radius 3 is 1.43 bits per heavy atom. The first-order valence-electron chi connectivity index (χ1n) is 26.2. The number of hydrogen-bond acceptors (Lipinski definition) is 9. The summed E-state index contributed by atoms with van der Waals surface area (Å²) in [7, 11) is 0. The minimum atomic E-state index is -0.244. The highest BCUT2D eigenvalue weighted by Crippen LogP contribution is 2.19. The lowest BCUT2D eigenvalue weighted by molar-refractivity contribution is -0.150. The zero-order valence-electron chi connectivity index (χ0n) is 41.5. The van der Waals surface area contributed by atoms with Crippen LogP contribution in [0.15, 0.2) is 11.9 Å². The molecule has 0 aliphatic carbocycles. The van der Waals surface area contributed by atoms with Gasteiger partial charge in [0, 0.05) is 25.6 Å². The molecular weight excluding hydrogens is 761 g/mol. The number of esters is 2. The highest BCUT2D eigenvalue weighted by molar-refractivity contribution is 5.69. The molecule has 0 saturated heterocycles. The van der Waals surface area contributed by atoms with E-state index in [1.54, 1.807) is 11.2 Å². The van der Waals surface area contributed by atoms with Gasteiger partial charge >= 0.3 is 11.9 Å². The van der Waals surface area contributed by atoms with Gasteiger partial charge in [-0.1, -0.05) is 162 Å². The van der Waals surface area contributed by atoms with Crippen LogP contribution in [0.1, 0.15) is 260 Å². The molecule has 4 N–H and O–H groups in total. The maximum absolute atomic E-state index is 12.9. The number of hydrazine groups is 1. The van der Waals surface area contributed by atoms with Crippen LogP contribution in [0.4, 0.5) is 0 Å². The van der Waals surface area contributed by atoms with Gasteiger partial charge in [0.25, 0.3) is 0 Å². The second kappa shape index (κ2) is 43.4. The Labute approximate surface area is 378 Å². The van der Waals surface area contributed by atoms with Gasteiger partial charge in [-0.25, -0.2) is 5.84 Å². The Morgan fingerprint density at radius 2 is 0.934 bits per heavy atom. The van der Waals surface area contributed by atoms with E-state index in [4.69, 9.17) is 25.8 Å². The van der Waals surface area contributed by atoms with Gasteiger partial charge in [-0.15, -0.1) is 0 Å². The van der Waals surface area contributed by atoms with E-state index >= 15 is 0 Å². The van der Waals surface area contributed by atoms with E-state index in [0.29, 0.717) is 31.8 Å². The van der Waals surface area contributed by atoms with Crippen LogP contribution in [0.5, 0.6) is 0 Å². The molecule has 0 aromatic heterocycles. The number of hydrogen-bond donors (Lipinski definition) is 2. The number of nitrogens with zero attached hydrogens (tertiary/aromatic N) is 2. The Morgan fingerprint density at radius 1 is 0.525 bits per heavy atom. The standard InChI is InChI=1S/C52H104N4O5/c1-7-10-13-16-19-28-35-45-59-50(57)39-31-24-20-26-33-41-55(43-36-44-56(54)46-48(53)47-60-52(4,5)6)42-34-27-21-25-32-40-51(58)61-49(37-29-22-17-14-11-8-2)38-30-23-18-15-12-9-3/h46,49H,7-45,47,53-54H2,1-6H3/b48-46-. The van der Waals surface area contributed by atoms with Crippen LogP contribution in [0.25, 0.3) is 0 Å². The van der Waals surface area contributed by atoms with Gasteiger partial charge in [0.1, 0.15) is 6.10 Å². The van der Waals surface area contributed by atoms with Crippen molar-refractivity contribution in [3.63, 3.8) is 0 Å². The molecule has 0 aliphatic heterocycles. The maximum Gasteiger partial charge on any atom is 0.306 e. The molecule has 9 heteroatoms. The number of ether oxygens (including phenoxy) is 3. The molecular formula is C52H104N4O5. The topological polar surface area (TPSA) is 120 Å². The summed E-state index contributed by atoms with van der Waals surface area (Å²) in [5.41, 5.74) is 6.56. The third-order valence-corrected chi connectivity index (χ3v) is 11.7. The summed E-state index contributed by atoms with van der Waals surface area (Å²) in [4.78, 5) is 27.7. The first-order valence-corrected chi connectivity index (χ1v) is 26.2. The van der Waals surface area contributed by atoms with Crippen molar-refractivity contribution in [2.24, 2.45) is 11.6 Å². The average molecular weight is 865 g/mol. The molecule has 0 bridgehead atoms. The lowest BCUT2D eigenvalue weighted by Gasteiger charge is -2.24. The third-order valence-electron chi connectivity index (χ3n) is 11.7. The van der Waals surface area contributed by atoms with Crippen molar-refractivity contribution in [2.75, 3.05) is 39.4 Å². The van der Waals surface area contributed by atoms with Gasteiger partial charge < -0.3 is 29.9 Å². The fourth-order valence-electron chi connectivity index (χ4n) is 7.83. The van der Waals surface area contributed by atoms with Gasteiger partial charge in [-0.3, -0.25) is 9.59 Å². The number of nitrogens with two attached hydrogens (primary N) is 2. The van der Waals surface area contributed by atoms with Crippen LogP contribution < -0.4 is 11.6 Å². The summed E-state index contributed by atoms with van der Waals surface area (Å²) in [5, 5.41) is 1.69. The average Bonchev–Trinajstić information content (AvgIpc) is 3.22. The molecule has 0 aromatic carbocycles. The van der Waals surface area contributed by atoms with Gasteiger partial charge in [-0.2, -0.15) is 0 Å². The third kappa shape index (κ3) is 44.6. The molecule has 0 heterocycles. The molecule has 0 saturated carbocycles. The molecule has 0 atom stereocenters. The van der Waals surface area contributed by atoms with E-state index in [9.17, 15) is 9.59 Å². The van der Waals surface area contributed by atoms with E-state index in [1.165, 1.54) is 122 Å². The van der Waals surface area contributed by atoms with Crippen LogP contribution in [0.2, 0.25) is 0 Å². The first-order chi connectivity index (χ1) is 29.5. The molecule has 0 fully saturated rings. The number of unbranched alkanes of at least 4 members (excludes halogenated alkanes) is 24. The Hall–Kier alpha value is -1.84. The predicted molar refractivity (Wildman–Crippen MR) is 260 cm³/mol. The van der Waals surface area contributed by atoms with Crippen molar-refractivity contribution in [2.45, 2.75) is 272 Å². The summed E-state index contributed by atoms with van der Waals surface area (Å²) in [6.07, 6.45) is 40.9. The maximum atomic E-state index is 12.9. The lowest BCUT2D eigenvalue weighted by Crippen LogP contribution is -2.33. The Kier molecular flexibility index (Phi) is 42.1. The second-order valence-corrected chi connectivity index (χ2v) is 19.1. The highest BCUT2D eigenvalue weighted by atomic mass is 16.5. The zero-order valence-corrected chi connectivity index (χ0v) is 41.5. The summed E-state index contributed by atoms with van der Waals surface area (Å²) < 4.78 is 17.3. The molecule has 0 unspecified atom stereocenters. The van der Waals surface area contributed by atoms with E-state index < -0.39 is 0 Å². The van der Waals surface area contributed by atoms with Crippen LogP contribution in [-0.4, -0.2) is 72.9 Å². The summed E-state index contributed by atoms with van der Waals surface area (Å²) in [6.45, 7) is 17.7. The monoisotopic (exact) mass is 865 g/mol. The largest absolute Gasteiger partial charge is 0.466 e. The Bertz CT molecular complexity index is 987. The van der Waals surface area contributed by atoms with Crippen LogP contribution in [0, 0.1) is 0 Å². The number of carbonyl (C=O) groups is 2. The van der Waals surface area contributed by atoms with E-state index in [2.05, 4.69) is 25.7 Å². The molecule has 61 heavy (non-hydrogen) atoms.